The number of aryl methyl sites for hydroxylation is 1. The molecule has 3 rings (SSSR count). The van der Waals surface area contributed by atoms with Crippen LogP contribution >= 0.6 is 0 Å². The van der Waals surface area contributed by atoms with Crippen LogP contribution in [-0.4, -0.2) is 27.3 Å². The number of carbonyl (C=O) groups excluding carboxylic acids is 1. The first-order chi connectivity index (χ1) is 9.72. The molecule has 2 heterocycles. The number of nitrogens with one attached hydrogen (secondary N) is 3. The number of fused-ring (bicyclic) bond motifs is 1. The van der Waals surface area contributed by atoms with Gasteiger partial charge in [-0.1, -0.05) is 0 Å². The molecule has 0 aromatic carbocycles. The molecule has 2 amide bonds. The Morgan fingerprint density at radius 2 is 2.35 bits per heavy atom. The molecular formula is C13H14FN5O. The van der Waals surface area contributed by atoms with Gasteiger partial charge in [-0.2, -0.15) is 5.10 Å². The molecular weight excluding hydrogens is 261 g/mol. The molecule has 1 aliphatic carbocycles. The summed E-state index contributed by atoms with van der Waals surface area (Å²) < 4.78 is 13.4. The summed E-state index contributed by atoms with van der Waals surface area (Å²) >= 11 is 0. The van der Waals surface area contributed by atoms with Crippen LogP contribution in [0.2, 0.25) is 0 Å². The number of aromatic amines is 1. The van der Waals surface area contributed by atoms with E-state index in [4.69, 9.17) is 0 Å². The highest BCUT2D eigenvalue weighted by atomic mass is 19.1. The molecule has 0 aliphatic heterocycles. The van der Waals surface area contributed by atoms with Crippen LogP contribution in [0.3, 0.4) is 0 Å². The molecule has 1 aliphatic rings. The topological polar surface area (TPSA) is 82.7 Å². The van der Waals surface area contributed by atoms with E-state index in [0.717, 1.165) is 36.7 Å². The lowest BCUT2D eigenvalue weighted by Gasteiger charge is -2.23. The maximum absolute atomic E-state index is 13.4. The minimum absolute atomic E-state index is 0.0324. The van der Waals surface area contributed by atoms with Gasteiger partial charge >= 0.3 is 6.03 Å². The molecule has 7 heteroatoms. The summed E-state index contributed by atoms with van der Waals surface area (Å²) in [7, 11) is 0. The number of rotatable bonds is 2. The van der Waals surface area contributed by atoms with Gasteiger partial charge in [0.15, 0.2) is 5.82 Å². The van der Waals surface area contributed by atoms with E-state index >= 15 is 0 Å². The number of pyridine rings is 1. The van der Waals surface area contributed by atoms with Crippen molar-refractivity contribution in [3.8, 4) is 0 Å². The Balaban J connectivity index is 1.59. The highest BCUT2D eigenvalue weighted by molar-refractivity contribution is 5.89. The van der Waals surface area contributed by atoms with Crippen LogP contribution in [0.15, 0.2) is 24.7 Å². The Hall–Kier alpha value is -2.44. The molecule has 6 nitrogen and oxygen atoms in total. The Labute approximate surface area is 114 Å². The zero-order valence-electron chi connectivity index (χ0n) is 10.7. The van der Waals surface area contributed by atoms with Crippen LogP contribution in [0, 0.1) is 5.82 Å². The first-order valence-electron chi connectivity index (χ1n) is 6.40. The number of H-pyrrole nitrogens is 1. The Kier molecular flexibility index (Phi) is 3.32. The van der Waals surface area contributed by atoms with E-state index in [1.165, 1.54) is 12.3 Å². The van der Waals surface area contributed by atoms with Crippen molar-refractivity contribution in [2.24, 2.45) is 0 Å². The smallest absolute Gasteiger partial charge is 0.319 e. The zero-order chi connectivity index (χ0) is 13.9. The third-order valence-electron chi connectivity index (χ3n) is 3.37. The number of nitrogens with zero attached hydrogens (tertiary/aromatic N) is 2. The van der Waals surface area contributed by atoms with Crippen molar-refractivity contribution in [3.05, 3.63) is 41.7 Å². The van der Waals surface area contributed by atoms with Crippen LogP contribution in [0.4, 0.5) is 14.9 Å². The second kappa shape index (κ2) is 5.28. The van der Waals surface area contributed by atoms with Crippen LogP contribution < -0.4 is 10.6 Å². The zero-order valence-corrected chi connectivity index (χ0v) is 10.7. The predicted octanol–water partition coefficient (Wildman–Crippen LogP) is 1.62. The molecule has 0 spiro atoms. The molecule has 20 heavy (non-hydrogen) atoms. The van der Waals surface area contributed by atoms with Gasteiger partial charge in [-0.3, -0.25) is 10.1 Å². The van der Waals surface area contributed by atoms with E-state index in [-0.39, 0.29) is 11.7 Å². The van der Waals surface area contributed by atoms with Crippen LogP contribution in [0.5, 0.6) is 0 Å². The molecule has 0 radical (unpaired) electrons. The average Bonchev–Trinajstić information content (AvgIpc) is 2.89. The van der Waals surface area contributed by atoms with Crippen molar-refractivity contribution in [1.82, 2.24) is 20.5 Å². The minimum Gasteiger partial charge on any atom is -0.335 e. The van der Waals surface area contributed by atoms with Gasteiger partial charge in [-0.05, 0) is 30.9 Å². The fourth-order valence-electron chi connectivity index (χ4n) is 2.36. The van der Waals surface area contributed by atoms with E-state index in [0.29, 0.717) is 0 Å². The van der Waals surface area contributed by atoms with E-state index in [2.05, 4.69) is 25.8 Å². The van der Waals surface area contributed by atoms with Crippen molar-refractivity contribution in [2.75, 3.05) is 5.32 Å². The van der Waals surface area contributed by atoms with E-state index in [9.17, 15) is 9.18 Å². The van der Waals surface area contributed by atoms with Crippen molar-refractivity contribution in [1.29, 1.82) is 0 Å². The largest absolute Gasteiger partial charge is 0.335 e. The summed E-state index contributed by atoms with van der Waals surface area (Å²) in [6, 6.07) is 1.04. The maximum Gasteiger partial charge on any atom is 0.319 e. The lowest BCUT2D eigenvalue weighted by atomic mass is 9.94. The Morgan fingerprint density at radius 1 is 1.45 bits per heavy atom. The van der Waals surface area contributed by atoms with Crippen LogP contribution in [0.1, 0.15) is 17.7 Å². The number of hydrogen-bond donors (Lipinski definition) is 3. The summed E-state index contributed by atoms with van der Waals surface area (Å²) in [5.74, 6) is -0.552. The SMILES string of the molecule is O=C(Nc1ccncc1F)N[C@H]1CCc2[nH]ncc2C1. The van der Waals surface area contributed by atoms with Crippen molar-refractivity contribution in [2.45, 2.75) is 25.3 Å². The van der Waals surface area contributed by atoms with Gasteiger partial charge in [0.25, 0.3) is 0 Å². The summed E-state index contributed by atoms with van der Waals surface area (Å²) in [4.78, 5) is 15.5. The third kappa shape index (κ3) is 2.61. The molecule has 2 aromatic heterocycles. The van der Waals surface area contributed by atoms with E-state index in [1.807, 2.05) is 0 Å². The lowest BCUT2D eigenvalue weighted by molar-refractivity contribution is 0.247. The van der Waals surface area contributed by atoms with E-state index < -0.39 is 11.8 Å². The number of carbonyl (C=O) groups is 1. The number of amides is 2. The van der Waals surface area contributed by atoms with Gasteiger partial charge in [-0.25, -0.2) is 9.18 Å². The summed E-state index contributed by atoms with van der Waals surface area (Å²) in [5.41, 5.74) is 2.37. The molecule has 104 valence electrons. The van der Waals surface area contributed by atoms with Gasteiger partial charge < -0.3 is 10.6 Å². The quantitative estimate of drug-likeness (QED) is 0.779. The summed E-state index contributed by atoms with van der Waals surface area (Å²) in [6.45, 7) is 0. The molecule has 0 fully saturated rings. The minimum atomic E-state index is -0.552. The third-order valence-corrected chi connectivity index (χ3v) is 3.37. The van der Waals surface area contributed by atoms with Crippen LogP contribution in [-0.2, 0) is 12.8 Å². The van der Waals surface area contributed by atoms with Gasteiger partial charge in [0.05, 0.1) is 18.1 Å². The second-order valence-electron chi connectivity index (χ2n) is 4.77. The summed E-state index contributed by atoms with van der Waals surface area (Å²) in [5, 5.41) is 12.3. The number of anilines is 1. The van der Waals surface area contributed by atoms with E-state index in [1.54, 1.807) is 6.20 Å². The Morgan fingerprint density at radius 3 is 3.20 bits per heavy atom. The lowest BCUT2D eigenvalue weighted by Crippen LogP contribution is -2.41. The van der Waals surface area contributed by atoms with Crippen molar-refractivity contribution < 1.29 is 9.18 Å². The number of hydrogen-bond acceptors (Lipinski definition) is 3. The standard InChI is InChI=1S/C13H14FN5O/c14-10-7-15-4-3-12(10)18-13(20)17-9-1-2-11-8(5-9)6-16-19-11/h3-4,6-7,9H,1-2,5H2,(H,16,19)(H2,15,17,18,20)/t9-/m0/s1. The van der Waals surface area contributed by atoms with Gasteiger partial charge in [0, 0.05) is 17.9 Å². The van der Waals surface area contributed by atoms with Gasteiger partial charge in [0.1, 0.15) is 0 Å². The molecule has 0 bridgehead atoms. The number of halogens is 1. The molecule has 0 saturated heterocycles. The van der Waals surface area contributed by atoms with Crippen LogP contribution in [0.25, 0.3) is 0 Å². The van der Waals surface area contributed by atoms with Crippen molar-refractivity contribution >= 4 is 11.7 Å². The second-order valence-corrected chi connectivity index (χ2v) is 4.77. The summed E-state index contributed by atoms with van der Waals surface area (Å²) in [6.07, 6.45) is 6.69. The first-order valence-corrected chi connectivity index (χ1v) is 6.40. The predicted molar refractivity (Wildman–Crippen MR) is 70.8 cm³/mol. The fourth-order valence-corrected chi connectivity index (χ4v) is 2.36. The average molecular weight is 275 g/mol. The van der Waals surface area contributed by atoms with Gasteiger partial charge in [-0.15, -0.1) is 0 Å². The Bertz CT molecular complexity index is 627. The molecule has 3 N–H and O–H groups in total. The van der Waals surface area contributed by atoms with Gasteiger partial charge in [0.2, 0.25) is 0 Å². The molecule has 1 atom stereocenters. The fraction of sp³-hybridized carbons (Fsp3) is 0.308. The first kappa shape index (κ1) is 12.6. The molecule has 0 unspecified atom stereocenters. The number of urea groups is 1. The monoisotopic (exact) mass is 275 g/mol. The normalized spacial score (nSPS) is 17.4. The molecule has 2 aromatic rings. The number of aromatic nitrogens is 3. The van der Waals surface area contributed by atoms with Crippen molar-refractivity contribution in [3.63, 3.8) is 0 Å². The molecule has 0 saturated carbocycles. The highest BCUT2D eigenvalue weighted by Gasteiger charge is 2.21. The highest BCUT2D eigenvalue weighted by Crippen LogP contribution is 2.19. The maximum atomic E-state index is 13.4.